The van der Waals surface area contributed by atoms with Crippen molar-refractivity contribution in [2.24, 2.45) is 0 Å². The lowest BCUT2D eigenvalue weighted by Gasteiger charge is -2.09. The maximum atomic E-state index is 5.80. The zero-order chi connectivity index (χ0) is 18.6. The van der Waals surface area contributed by atoms with Crippen LogP contribution in [0.5, 0.6) is 5.75 Å². The van der Waals surface area contributed by atoms with Crippen molar-refractivity contribution in [3.8, 4) is 5.75 Å². The third-order valence-corrected chi connectivity index (χ3v) is 3.89. The summed E-state index contributed by atoms with van der Waals surface area (Å²) in [6.07, 6.45) is 7.48. The summed E-state index contributed by atoms with van der Waals surface area (Å²) in [6, 6.07) is 7.62. The van der Waals surface area contributed by atoms with Crippen molar-refractivity contribution < 1.29 is 4.74 Å². The maximum Gasteiger partial charge on any atom is 0.233 e. The summed E-state index contributed by atoms with van der Waals surface area (Å²) >= 11 is 0. The van der Waals surface area contributed by atoms with Crippen molar-refractivity contribution >= 4 is 23.5 Å². The molecule has 142 valence electrons. The van der Waals surface area contributed by atoms with Gasteiger partial charge in [0.05, 0.1) is 6.61 Å². The molecule has 1 aromatic carbocycles. The number of nitrogens with two attached hydrogens (primary N) is 1. The normalized spacial score (nSPS) is 10.5. The second-order valence-corrected chi connectivity index (χ2v) is 6.12. The van der Waals surface area contributed by atoms with Crippen molar-refractivity contribution in [2.75, 3.05) is 29.5 Å². The van der Waals surface area contributed by atoms with E-state index in [2.05, 4.69) is 32.5 Å². The molecule has 0 aliphatic heterocycles. The number of unbranched alkanes of at least 4 members (excludes halogenated alkanes) is 5. The highest BCUT2D eigenvalue weighted by Gasteiger charge is 2.05. The molecule has 0 saturated carbocycles. The molecule has 0 fully saturated rings. The molecule has 1 aromatic heterocycles. The Morgan fingerprint density at radius 1 is 0.885 bits per heavy atom. The van der Waals surface area contributed by atoms with Crippen molar-refractivity contribution in [3.05, 3.63) is 24.3 Å². The van der Waals surface area contributed by atoms with Gasteiger partial charge in [-0.15, -0.1) is 0 Å². The van der Waals surface area contributed by atoms with Gasteiger partial charge < -0.3 is 21.1 Å². The predicted octanol–water partition coefficient (Wildman–Crippen LogP) is 4.37. The number of ether oxygens (including phenoxy) is 1. The van der Waals surface area contributed by atoms with Crippen LogP contribution in [-0.4, -0.2) is 28.1 Å². The largest absolute Gasteiger partial charge is 0.494 e. The van der Waals surface area contributed by atoms with E-state index in [1.165, 1.54) is 32.1 Å². The first-order valence-electron chi connectivity index (χ1n) is 9.46. The van der Waals surface area contributed by atoms with Crippen molar-refractivity contribution in [3.63, 3.8) is 0 Å². The van der Waals surface area contributed by atoms with E-state index >= 15 is 0 Å². The topological polar surface area (TPSA) is 98.0 Å². The summed E-state index contributed by atoms with van der Waals surface area (Å²) < 4.78 is 5.44. The van der Waals surface area contributed by atoms with E-state index in [1.54, 1.807) is 0 Å². The Kier molecular flexibility index (Phi) is 8.45. The number of hydrogen-bond donors (Lipinski definition) is 3. The maximum absolute atomic E-state index is 5.80. The number of hydrogen-bond acceptors (Lipinski definition) is 7. The van der Waals surface area contributed by atoms with Crippen molar-refractivity contribution in [1.82, 2.24) is 15.0 Å². The molecule has 0 aliphatic carbocycles. The summed E-state index contributed by atoms with van der Waals surface area (Å²) in [7, 11) is 0. The SMILES string of the molecule is CCCCCCCCNc1nc(N)nc(Nc2ccc(OCC)cc2)n1. The van der Waals surface area contributed by atoms with E-state index in [9.17, 15) is 0 Å². The quantitative estimate of drug-likeness (QED) is 0.485. The van der Waals surface area contributed by atoms with Gasteiger partial charge in [-0.3, -0.25) is 0 Å². The first-order valence-corrected chi connectivity index (χ1v) is 9.46. The number of nitrogens with zero attached hydrogens (tertiary/aromatic N) is 3. The third-order valence-electron chi connectivity index (χ3n) is 3.89. The fourth-order valence-electron chi connectivity index (χ4n) is 2.56. The van der Waals surface area contributed by atoms with Crippen LogP contribution >= 0.6 is 0 Å². The van der Waals surface area contributed by atoms with E-state index in [0.717, 1.165) is 24.4 Å². The highest BCUT2D eigenvalue weighted by molar-refractivity contribution is 5.56. The van der Waals surface area contributed by atoms with Gasteiger partial charge >= 0.3 is 0 Å². The number of aromatic nitrogens is 3. The minimum absolute atomic E-state index is 0.193. The number of nitrogens with one attached hydrogen (secondary N) is 2. The average molecular weight is 358 g/mol. The predicted molar refractivity (Wildman–Crippen MR) is 107 cm³/mol. The minimum Gasteiger partial charge on any atom is -0.494 e. The van der Waals surface area contributed by atoms with Gasteiger partial charge in [-0.1, -0.05) is 39.0 Å². The van der Waals surface area contributed by atoms with Crippen molar-refractivity contribution in [2.45, 2.75) is 52.4 Å². The Labute approximate surface area is 155 Å². The van der Waals surface area contributed by atoms with Gasteiger partial charge in [0, 0.05) is 12.2 Å². The Morgan fingerprint density at radius 2 is 1.58 bits per heavy atom. The molecule has 7 heteroatoms. The Morgan fingerprint density at radius 3 is 2.31 bits per heavy atom. The van der Waals surface area contributed by atoms with Crippen LogP contribution in [0.15, 0.2) is 24.3 Å². The molecule has 0 radical (unpaired) electrons. The first kappa shape index (κ1) is 19.8. The van der Waals surface area contributed by atoms with Crippen molar-refractivity contribution in [1.29, 1.82) is 0 Å². The Balaban J connectivity index is 1.84. The molecule has 2 aromatic rings. The average Bonchev–Trinajstić information content (AvgIpc) is 2.62. The molecule has 26 heavy (non-hydrogen) atoms. The van der Waals surface area contributed by atoms with Gasteiger partial charge in [-0.05, 0) is 37.6 Å². The summed E-state index contributed by atoms with van der Waals surface area (Å²) in [6.45, 7) is 5.66. The summed E-state index contributed by atoms with van der Waals surface area (Å²) in [4.78, 5) is 12.7. The van der Waals surface area contributed by atoms with Crippen LogP contribution in [0, 0.1) is 0 Å². The fourth-order valence-corrected chi connectivity index (χ4v) is 2.56. The number of nitrogen functional groups attached to an aromatic ring is 1. The van der Waals surface area contributed by atoms with Gasteiger partial charge in [-0.2, -0.15) is 15.0 Å². The number of benzene rings is 1. The Bertz CT molecular complexity index is 647. The lowest BCUT2D eigenvalue weighted by Crippen LogP contribution is -2.10. The highest BCUT2D eigenvalue weighted by atomic mass is 16.5. The van der Waals surface area contributed by atoms with Crippen LogP contribution < -0.4 is 21.1 Å². The van der Waals surface area contributed by atoms with E-state index in [1.807, 2.05) is 31.2 Å². The summed E-state index contributed by atoms with van der Waals surface area (Å²) in [5, 5.41) is 6.37. The van der Waals surface area contributed by atoms with Gasteiger partial charge in [0.2, 0.25) is 17.8 Å². The molecule has 2 rings (SSSR count). The van der Waals surface area contributed by atoms with E-state index < -0.39 is 0 Å². The van der Waals surface area contributed by atoms with Crippen LogP contribution in [0.3, 0.4) is 0 Å². The molecule has 0 amide bonds. The molecule has 0 bridgehead atoms. The zero-order valence-corrected chi connectivity index (χ0v) is 15.8. The summed E-state index contributed by atoms with van der Waals surface area (Å²) in [5.41, 5.74) is 6.66. The Hall–Kier alpha value is -2.57. The molecule has 0 spiro atoms. The first-order chi connectivity index (χ1) is 12.7. The molecule has 0 aliphatic rings. The van der Waals surface area contributed by atoms with Gasteiger partial charge in [0.25, 0.3) is 0 Å². The second kappa shape index (κ2) is 11.1. The van der Waals surface area contributed by atoms with Crippen LogP contribution in [-0.2, 0) is 0 Å². The molecular weight excluding hydrogens is 328 g/mol. The monoisotopic (exact) mass is 358 g/mol. The molecule has 7 nitrogen and oxygen atoms in total. The van der Waals surface area contributed by atoms with Gasteiger partial charge in [-0.25, -0.2) is 0 Å². The van der Waals surface area contributed by atoms with Crippen LogP contribution in [0.2, 0.25) is 0 Å². The minimum atomic E-state index is 0.193. The molecule has 0 atom stereocenters. The summed E-state index contributed by atoms with van der Waals surface area (Å²) in [5.74, 6) is 1.94. The van der Waals surface area contributed by atoms with E-state index in [-0.39, 0.29) is 5.95 Å². The number of rotatable bonds is 12. The molecule has 1 heterocycles. The zero-order valence-electron chi connectivity index (χ0n) is 15.8. The fraction of sp³-hybridized carbons (Fsp3) is 0.526. The van der Waals surface area contributed by atoms with Crippen LogP contribution in [0.25, 0.3) is 0 Å². The van der Waals surface area contributed by atoms with Crippen LogP contribution in [0.4, 0.5) is 23.5 Å². The molecule has 0 unspecified atom stereocenters. The molecule has 0 saturated heterocycles. The van der Waals surface area contributed by atoms with Gasteiger partial charge in [0.1, 0.15) is 5.75 Å². The second-order valence-electron chi connectivity index (χ2n) is 6.12. The van der Waals surface area contributed by atoms with E-state index in [0.29, 0.717) is 18.5 Å². The number of anilines is 4. The highest BCUT2D eigenvalue weighted by Crippen LogP contribution is 2.19. The smallest absolute Gasteiger partial charge is 0.233 e. The van der Waals surface area contributed by atoms with Crippen LogP contribution in [0.1, 0.15) is 52.4 Å². The molecular formula is C19H30N6O. The molecule has 4 N–H and O–H groups in total. The van der Waals surface area contributed by atoms with E-state index in [4.69, 9.17) is 10.5 Å². The van der Waals surface area contributed by atoms with Gasteiger partial charge in [0.15, 0.2) is 0 Å². The third kappa shape index (κ3) is 7.13. The standard InChI is InChI=1S/C19H30N6O/c1-3-5-6-7-8-9-14-21-18-23-17(20)24-19(25-18)22-15-10-12-16(13-11-15)26-4-2/h10-13H,3-9,14H2,1-2H3,(H4,20,21,22,23,24,25). The lowest BCUT2D eigenvalue weighted by molar-refractivity contribution is 0.340. The lowest BCUT2D eigenvalue weighted by atomic mass is 10.1.